The van der Waals surface area contributed by atoms with E-state index in [-0.39, 0.29) is 42.7 Å². The van der Waals surface area contributed by atoms with Crippen LogP contribution in [0.2, 0.25) is 0 Å². The molecule has 0 fully saturated rings. The number of hydrogen-bond donors (Lipinski definition) is 1. The number of Topliss-reactive ketones (excluding diaryl/α,β-unsaturated/α-hetero) is 1. The second kappa shape index (κ2) is 7.40. The summed E-state index contributed by atoms with van der Waals surface area (Å²) in [7, 11) is 0. The number of phenolic OH excluding ortho intramolecular Hbond substituents is 1. The quantitative estimate of drug-likeness (QED) is 0.645. The number of phenols is 1. The molecule has 7 heteroatoms. The lowest BCUT2D eigenvalue weighted by molar-refractivity contribution is 0.101. The number of carbonyl (C=O) groups excluding carboxylic acids is 1. The van der Waals surface area contributed by atoms with Crippen LogP contribution in [0, 0.1) is 29.6 Å². The summed E-state index contributed by atoms with van der Waals surface area (Å²) in [6.45, 7) is 2.15. The molecule has 0 spiro atoms. The molecule has 0 saturated carbocycles. The molecule has 3 rings (SSSR count). The van der Waals surface area contributed by atoms with E-state index >= 15 is 0 Å². The first-order valence-corrected chi connectivity index (χ1v) is 8.72. The molecule has 0 atom stereocenters. The fourth-order valence-corrected chi connectivity index (χ4v) is 3.54. The number of aromatic hydroxyl groups is 1. The highest BCUT2D eigenvalue weighted by Crippen LogP contribution is 2.40. The van der Waals surface area contributed by atoms with E-state index in [9.17, 15) is 9.90 Å². The van der Waals surface area contributed by atoms with Gasteiger partial charge in [-0.05, 0) is 36.1 Å². The summed E-state index contributed by atoms with van der Waals surface area (Å²) in [6, 6.07) is 8.90. The van der Waals surface area contributed by atoms with Crippen molar-refractivity contribution in [1.29, 1.82) is 10.5 Å². The van der Waals surface area contributed by atoms with Crippen LogP contribution in [-0.2, 0) is 6.54 Å². The lowest BCUT2D eigenvalue weighted by Gasteiger charge is -2.17. The molecule has 130 valence electrons. The van der Waals surface area contributed by atoms with Gasteiger partial charge in [0, 0.05) is 17.5 Å². The van der Waals surface area contributed by atoms with Crippen molar-refractivity contribution in [2.45, 2.75) is 13.5 Å². The molecule has 1 aromatic heterocycles. The van der Waals surface area contributed by atoms with Gasteiger partial charge in [0.2, 0.25) is 5.78 Å². The number of benzene rings is 1. The number of hydrogen-bond acceptors (Lipinski definition) is 7. The molecule has 1 N–H and O–H groups in total. The zero-order valence-electron chi connectivity index (χ0n) is 14.0. The topological polar surface area (TPSA) is 97.3 Å². The lowest BCUT2D eigenvalue weighted by atomic mass is 10.0. The maximum atomic E-state index is 12.6. The largest absolute Gasteiger partial charge is 0.507 e. The molecule has 1 aliphatic rings. The number of ether oxygens (including phenoxy) is 1. The number of ketones is 1. The van der Waals surface area contributed by atoms with Crippen LogP contribution in [-0.4, -0.2) is 28.9 Å². The summed E-state index contributed by atoms with van der Waals surface area (Å²) in [5, 5.41) is 30.0. The van der Waals surface area contributed by atoms with E-state index in [1.807, 2.05) is 30.5 Å². The van der Waals surface area contributed by atoms with Gasteiger partial charge in [0.1, 0.15) is 11.5 Å². The highest BCUT2D eigenvalue weighted by atomic mass is 32.1. The first kappa shape index (κ1) is 17.7. The summed E-state index contributed by atoms with van der Waals surface area (Å²) in [6.07, 6.45) is 1.70. The normalized spacial score (nSPS) is 14.2. The maximum absolute atomic E-state index is 12.6. The number of allylic oxidation sites excluding steroid dienone is 1. The summed E-state index contributed by atoms with van der Waals surface area (Å²) >= 11 is 1.51. The molecule has 0 radical (unpaired) electrons. The molecule has 6 nitrogen and oxygen atoms in total. The molecule has 1 aliphatic heterocycles. The Kier molecular flexibility index (Phi) is 5.04. The third kappa shape index (κ3) is 3.31. The van der Waals surface area contributed by atoms with E-state index in [0.717, 1.165) is 10.4 Å². The van der Waals surface area contributed by atoms with Crippen molar-refractivity contribution in [3.8, 4) is 23.6 Å². The number of nitrogens with zero attached hydrogens (tertiary/aromatic N) is 3. The second-order valence-corrected chi connectivity index (χ2v) is 6.76. The van der Waals surface area contributed by atoms with E-state index in [0.29, 0.717) is 11.1 Å². The van der Waals surface area contributed by atoms with Gasteiger partial charge in [0.15, 0.2) is 5.76 Å². The van der Waals surface area contributed by atoms with Crippen LogP contribution in [0.5, 0.6) is 11.5 Å². The van der Waals surface area contributed by atoms with Crippen LogP contribution in [0.25, 0.3) is 6.08 Å². The van der Waals surface area contributed by atoms with Crippen LogP contribution in [0.15, 0.2) is 29.3 Å². The van der Waals surface area contributed by atoms with Crippen LogP contribution < -0.4 is 4.74 Å². The molecular formula is C19H15N3O3S. The number of nitriles is 2. The Hall–Kier alpha value is -3.13. The molecule has 0 amide bonds. The predicted molar refractivity (Wildman–Crippen MR) is 96.6 cm³/mol. The fourth-order valence-electron chi connectivity index (χ4n) is 2.69. The molecular weight excluding hydrogens is 350 g/mol. The van der Waals surface area contributed by atoms with Gasteiger partial charge in [-0.3, -0.25) is 9.69 Å². The van der Waals surface area contributed by atoms with Crippen molar-refractivity contribution in [1.82, 2.24) is 4.90 Å². The zero-order chi connectivity index (χ0) is 18.7. The van der Waals surface area contributed by atoms with E-state index in [1.165, 1.54) is 23.5 Å². The van der Waals surface area contributed by atoms with E-state index in [1.54, 1.807) is 11.0 Å². The van der Waals surface area contributed by atoms with Gasteiger partial charge in [-0.25, -0.2) is 0 Å². The van der Waals surface area contributed by atoms with Gasteiger partial charge in [-0.1, -0.05) is 0 Å². The second-order valence-electron chi connectivity index (χ2n) is 5.81. The standard InChI is InChI=1S/C19H15N3O3S/c1-12-4-9-26-17(12)10-16-18(24)13-2-3-15(23)14(19(13)25-16)11-22(7-5-20)8-6-21/h2-4,9-10,23H,7-8,11H2,1H3/b16-10+. The summed E-state index contributed by atoms with van der Waals surface area (Å²) in [5.74, 6) is 0.202. The molecule has 1 aromatic carbocycles. The molecule has 26 heavy (non-hydrogen) atoms. The highest BCUT2D eigenvalue weighted by Gasteiger charge is 2.31. The Morgan fingerprint density at radius 1 is 1.27 bits per heavy atom. The number of fused-ring (bicyclic) bond motifs is 1. The van der Waals surface area contributed by atoms with Crippen LogP contribution >= 0.6 is 11.3 Å². The molecule has 2 heterocycles. The van der Waals surface area contributed by atoms with E-state index < -0.39 is 0 Å². The number of thiophene rings is 1. The average Bonchev–Trinajstić information content (AvgIpc) is 3.15. The third-order valence-electron chi connectivity index (χ3n) is 4.05. The lowest BCUT2D eigenvalue weighted by Crippen LogP contribution is -2.24. The molecule has 0 saturated heterocycles. The first-order chi connectivity index (χ1) is 12.5. The van der Waals surface area contributed by atoms with Crippen molar-refractivity contribution < 1.29 is 14.6 Å². The Labute approximate surface area is 154 Å². The molecule has 0 unspecified atom stereocenters. The van der Waals surface area contributed by atoms with Gasteiger partial charge in [0.25, 0.3) is 0 Å². The SMILES string of the molecule is Cc1ccsc1/C=C1/Oc2c(ccc(O)c2CN(CC#N)CC#N)C1=O. The van der Waals surface area contributed by atoms with Crippen molar-refractivity contribution in [3.63, 3.8) is 0 Å². The Morgan fingerprint density at radius 2 is 2.00 bits per heavy atom. The first-order valence-electron chi connectivity index (χ1n) is 7.84. The van der Waals surface area contributed by atoms with Crippen LogP contribution in [0.3, 0.4) is 0 Å². The molecule has 2 aromatic rings. The van der Waals surface area contributed by atoms with E-state index in [2.05, 4.69) is 0 Å². The highest BCUT2D eigenvalue weighted by molar-refractivity contribution is 7.11. The third-order valence-corrected chi connectivity index (χ3v) is 5.02. The van der Waals surface area contributed by atoms with Crippen LogP contribution in [0.4, 0.5) is 0 Å². The zero-order valence-corrected chi connectivity index (χ0v) is 14.8. The van der Waals surface area contributed by atoms with Crippen molar-refractivity contribution in [2.24, 2.45) is 0 Å². The minimum Gasteiger partial charge on any atom is -0.507 e. The summed E-state index contributed by atoms with van der Waals surface area (Å²) < 4.78 is 5.78. The van der Waals surface area contributed by atoms with Gasteiger partial charge in [0.05, 0.1) is 36.4 Å². The fraction of sp³-hybridized carbons (Fsp3) is 0.211. The monoisotopic (exact) mass is 365 g/mol. The Balaban J connectivity index is 1.97. The summed E-state index contributed by atoms with van der Waals surface area (Å²) in [4.78, 5) is 15.1. The van der Waals surface area contributed by atoms with E-state index in [4.69, 9.17) is 15.3 Å². The number of rotatable bonds is 5. The minimum absolute atomic E-state index is 0.0295. The smallest absolute Gasteiger partial charge is 0.232 e. The maximum Gasteiger partial charge on any atom is 0.232 e. The predicted octanol–water partition coefficient (Wildman–Crippen LogP) is 3.23. The summed E-state index contributed by atoms with van der Waals surface area (Å²) in [5.41, 5.74) is 1.81. The van der Waals surface area contributed by atoms with Crippen molar-refractivity contribution in [3.05, 3.63) is 50.9 Å². The van der Waals surface area contributed by atoms with Gasteiger partial charge in [-0.2, -0.15) is 10.5 Å². The van der Waals surface area contributed by atoms with Crippen molar-refractivity contribution in [2.75, 3.05) is 13.1 Å². The Bertz CT molecular complexity index is 963. The number of aryl methyl sites for hydroxylation is 1. The van der Waals surface area contributed by atoms with Crippen LogP contribution in [0.1, 0.15) is 26.4 Å². The van der Waals surface area contributed by atoms with Gasteiger partial charge >= 0.3 is 0 Å². The Morgan fingerprint density at radius 3 is 2.62 bits per heavy atom. The van der Waals surface area contributed by atoms with Gasteiger partial charge in [-0.15, -0.1) is 11.3 Å². The number of carbonyl (C=O) groups is 1. The molecule has 0 aliphatic carbocycles. The van der Waals surface area contributed by atoms with Gasteiger partial charge < -0.3 is 9.84 Å². The van der Waals surface area contributed by atoms with Crippen molar-refractivity contribution >= 4 is 23.2 Å². The average molecular weight is 365 g/mol. The minimum atomic E-state index is -0.249. The molecule has 0 bridgehead atoms.